The Morgan fingerprint density at radius 1 is 1.41 bits per heavy atom. The molecule has 0 radical (unpaired) electrons. The molecule has 0 saturated heterocycles. The quantitative estimate of drug-likeness (QED) is 0.869. The zero-order valence-corrected chi connectivity index (χ0v) is 9.88. The molecule has 1 heterocycles. The normalized spacial score (nSPS) is 12.6. The van der Waals surface area contributed by atoms with Crippen molar-refractivity contribution in [2.45, 2.75) is 13.0 Å². The van der Waals surface area contributed by atoms with Crippen LogP contribution in [0, 0.1) is 6.92 Å². The van der Waals surface area contributed by atoms with Gasteiger partial charge in [0.25, 0.3) is 0 Å². The van der Waals surface area contributed by atoms with Crippen molar-refractivity contribution in [1.82, 2.24) is 10.1 Å². The van der Waals surface area contributed by atoms with Crippen molar-refractivity contribution >= 4 is 0 Å². The van der Waals surface area contributed by atoms with Crippen molar-refractivity contribution in [2.75, 3.05) is 13.7 Å². The van der Waals surface area contributed by atoms with Gasteiger partial charge in [-0.05, 0) is 12.5 Å². The SMILES string of the molecule is COCC(N)c1nc(-c2ccccc2C)no1. The highest BCUT2D eigenvalue weighted by atomic mass is 16.5. The zero-order chi connectivity index (χ0) is 12.3. The summed E-state index contributed by atoms with van der Waals surface area (Å²) >= 11 is 0. The van der Waals surface area contributed by atoms with Crippen LogP contribution in [0.3, 0.4) is 0 Å². The lowest BCUT2D eigenvalue weighted by Crippen LogP contribution is -2.16. The fourth-order valence-electron chi connectivity index (χ4n) is 1.57. The van der Waals surface area contributed by atoms with E-state index in [9.17, 15) is 0 Å². The maximum absolute atomic E-state index is 5.81. The van der Waals surface area contributed by atoms with Gasteiger partial charge < -0.3 is 15.0 Å². The molecule has 1 atom stereocenters. The Hall–Kier alpha value is -1.72. The fraction of sp³-hybridized carbons (Fsp3) is 0.333. The monoisotopic (exact) mass is 233 g/mol. The van der Waals surface area contributed by atoms with E-state index in [0.29, 0.717) is 18.3 Å². The predicted molar refractivity (Wildman–Crippen MR) is 63.3 cm³/mol. The predicted octanol–water partition coefficient (Wildman–Crippen LogP) is 1.69. The van der Waals surface area contributed by atoms with Crippen molar-refractivity contribution in [3.63, 3.8) is 0 Å². The molecular formula is C12H15N3O2. The maximum atomic E-state index is 5.81. The molecule has 90 valence electrons. The van der Waals surface area contributed by atoms with Gasteiger partial charge in [-0.15, -0.1) is 0 Å². The van der Waals surface area contributed by atoms with Gasteiger partial charge >= 0.3 is 0 Å². The van der Waals surface area contributed by atoms with E-state index in [2.05, 4.69) is 10.1 Å². The van der Waals surface area contributed by atoms with Crippen molar-refractivity contribution in [3.05, 3.63) is 35.7 Å². The van der Waals surface area contributed by atoms with Gasteiger partial charge in [-0.1, -0.05) is 29.4 Å². The first kappa shape index (κ1) is 11.8. The number of benzene rings is 1. The molecule has 5 heteroatoms. The van der Waals surface area contributed by atoms with E-state index in [1.54, 1.807) is 7.11 Å². The van der Waals surface area contributed by atoms with E-state index in [1.165, 1.54) is 0 Å². The van der Waals surface area contributed by atoms with E-state index in [1.807, 2.05) is 31.2 Å². The van der Waals surface area contributed by atoms with E-state index in [-0.39, 0.29) is 6.04 Å². The molecule has 17 heavy (non-hydrogen) atoms. The Balaban J connectivity index is 2.27. The molecule has 0 amide bonds. The lowest BCUT2D eigenvalue weighted by atomic mass is 10.1. The van der Waals surface area contributed by atoms with Gasteiger partial charge in [-0.2, -0.15) is 4.98 Å². The summed E-state index contributed by atoms with van der Waals surface area (Å²) in [5, 5.41) is 3.93. The van der Waals surface area contributed by atoms with Gasteiger partial charge in [-0.25, -0.2) is 0 Å². The second kappa shape index (κ2) is 5.07. The maximum Gasteiger partial charge on any atom is 0.246 e. The van der Waals surface area contributed by atoms with Crippen LogP contribution in [0.1, 0.15) is 17.5 Å². The first-order valence-electron chi connectivity index (χ1n) is 5.36. The molecule has 0 aliphatic carbocycles. The summed E-state index contributed by atoms with van der Waals surface area (Å²) in [6.45, 7) is 2.36. The summed E-state index contributed by atoms with van der Waals surface area (Å²) in [6, 6.07) is 7.47. The molecule has 1 aromatic carbocycles. The summed E-state index contributed by atoms with van der Waals surface area (Å²) in [4.78, 5) is 4.28. The van der Waals surface area contributed by atoms with Crippen LogP contribution in [0.5, 0.6) is 0 Å². The Bertz CT molecular complexity index is 496. The van der Waals surface area contributed by atoms with Crippen LogP contribution >= 0.6 is 0 Å². The van der Waals surface area contributed by atoms with Gasteiger partial charge in [0.2, 0.25) is 11.7 Å². The number of nitrogens with zero attached hydrogens (tertiary/aromatic N) is 2. The third-order valence-corrected chi connectivity index (χ3v) is 2.49. The van der Waals surface area contributed by atoms with Gasteiger partial charge in [0.15, 0.2) is 0 Å². The Labute approximate surface area is 99.6 Å². The van der Waals surface area contributed by atoms with E-state index in [4.69, 9.17) is 15.0 Å². The second-order valence-electron chi connectivity index (χ2n) is 3.83. The first-order valence-corrected chi connectivity index (χ1v) is 5.36. The van der Waals surface area contributed by atoms with Crippen molar-refractivity contribution in [1.29, 1.82) is 0 Å². The minimum Gasteiger partial charge on any atom is -0.383 e. The molecular weight excluding hydrogens is 218 g/mol. The number of aryl methyl sites for hydroxylation is 1. The fourth-order valence-corrected chi connectivity index (χ4v) is 1.57. The molecule has 1 unspecified atom stereocenters. The van der Waals surface area contributed by atoms with Crippen LogP contribution < -0.4 is 5.73 Å². The minimum atomic E-state index is -0.384. The van der Waals surface area contributed by atoms with Crippen LogP contribution in [0.15, 0.2) is 28.8 Å². The Morgan fingerprint density at radius 3 is 2.88 bits per heavy atom. The largest absolute Gasteiger partial charge is 0.383 e. The van der Waals surface area contributed by atoms with Crippen LogP contribution in [-0.4, -0.2) is 23.9 Å². The molecule has 0 saturated carbocycles. The van der Waals surface area contributed by atoms with E-state index < -0.39 is 0 Å². The number of hydrogen-bond donors (Lipinski definition) is 1. The number of ether oxygens (including phenoxy) is 1. The second-order valence-corrected chi connectivity index (χ2v) is 3.83. The first-order chi connectivity index (χ1) is 8.22. The van der Waals surface area contributed by atoms with Gasteiger partial charge in [0, 0.05) is 12.7 Å². The topological polar surface area (TPSA) is 74.2 Å². The summed E-state index contributed by atoms with van der Waals surface area (Å²) in [5.74, 6) is 0.953. The van der Waals surface area contributed by atoms with Crippen molar-refractivity contribution in [3.8, 4) is 11.4 Å². The van der Waals surface area contributed by atoms with Crippen molar-refractivity contribution in [2.24, 2.45) is 5.73 Å². The van der Waals surface area contributed by atoms with Crippen molar-refractivity contribution < 1.29 is 9.26 Å². The number of methoxy groups -OCH3 is 1. The molecule has 2 aromatic rings. The van der Waals surface area contributed by atoms with E-state index >= 15 is 0 Å². The third-order valence-electron chi connectivity index (χ3n) is 2.49. The van der Waals surface area contributed by atoms with Crippen LogP contribution in [0.2, 0.25) is 0 Å². The lowest BCUT2D eigenvalue weighted by Gasteiger charge is -2.03. The molecule has 2 N–H and O–H groups in total. The smallest absolute Gasteiger partial charge is 0.246 e. The molecule has 0 aliphatic rings. The Kier molecular flexibility index (Phi) is 3.51. The highest BCUT2D eigenvalue weighted by Crippen LogP contribution is 2.21. The van der Waals surface area contributed by atoms with Gasteiger partial charge in [-0.3, -0.25) is 0 Å². The number of nitrogens with two attached hydrogens (primary N) is 1. The average Bonchev–Trinajstić information content (AvgIpc) is 2.79. The summed E-state index contributed by atoms with van der Waals surface area (Å²) in [6.07, 6.45) is 0. The zero-order valence-electron chi connectivity index (χ0n) is 9.88. The number of aromatic nitrogens is 2. The highest BCUT2D eigenvalue weighted by molar-refractivity contribution is 5.58. The molecule has 5 nitrogen and oxygen atoms in total. The standard InChI is InChI=1S/C12H15N3O2/c1-8-5-3-4-6-9(8)11-14-12(17-15-11)10(13)7-16-2/h3-6,10H,7,13H2,1-2H3. The highest BCUT2D eigenvalue weighted by Gasteiger charge is 2.16. The van der Waals surface area contributed by atoms with Crippen LogP contribution in [-0.2, 0) is 4.74 Å². The molecule has 2 rings (SSSR count). The lowest BCUT2D eigenvalue weighted by molar-refractivity contribution is 0.166. The minimum absolute atomic E-state index is 0.357. The van der Waals surface area contributed by atoms with E-state index in [0.717, 1.165) is 11.1 Å². The number of rotatable bonds is 4. The molecule has 0 bridgehead atoms. The molecule has 1 aromatic heterocycles. The summed E-state index contributed by atoms with van der Waals surface area (Å²) in [5.41, 5.74) is 7.86. The Morgan fingerprint density at radius 2 is 2.18 bits per heavy atom. The van der Waals surface area contributed by atoms with Gasteiger partial charge in [0.05, 0.1) is 6.61 Å². The summed E-state index contributed by atoms with van der Waals surface area (Å²) < 4.78 is 10.1. The van der Waals surface area contributed by atoms with Crippen LogP contribution in [0.4, 0.5) is 0 Å². The average molecular weight is 233 g/mol. The summed E-state index contributed by atoms with van der Waals surface area (Å²) in [7, 11) is 1.58. The van der Waals surface area contributed by atoms with Crippen LogP contribution in [0.25, 0.3) is 11.4 Å². The van der Waals surface area contributed by atoms with Gasteiger partial charge in [0.1, 0.15) is 6.04 Å². The molecule has 0 fully saturated rings. The number of hydrogen-bond acceptors (Lipinski definition) is 5. The third kappa shape index (κ3) is 2.51. The molecule has 0 spiro atoms. The molecule has 0 aliphatic heterocycles.